The fraction of sp³-hybridized carbons (Fsp3) is 0.150. The van der Waals surface area contributed by atoms with Gasteiger partial charge in [-0.2, -0.15) is 13.2 Å². The van der Waals surface area contributed by atoms with Crippen LogP contribution in [0.15, 0.2) is 54.6 Å². The summed E-state index contributed by atoms with van der Waals surface area (Å²) in [6.45, 7) is 2.19. The van der Waals surface area contributed by atoms with E-state index in [2.05, 4.69) is 15.6 Å². The van der Waals surface area contributed by atoms with Gasteiger partial charge < -0.3 is 10.6 Å². The molecule has 1 aromatic heterocycles. The lowest BCUT2D eigenvalue weighted by Gasteiger charge is -2.11. The molecule has 0 spiro atoms. The quantitative estimate of drug-likeness (QED) is 0.703. The largest absolute Gasteiger partial charge is 0.416 e. The molecule has 144 valence electrons. The molecule has 0 atom stereocenters. The molecular weight excluding hydrogens is 371 g/mol. The minimum Gasteiger partial charge on any atom is -0.352 e. The Morgan fingerprint density at radius 2 is 1.75 bits per heavy atom. The maximum Gasteiger partial charge on any atom is 0.416 e. The molecule has 0 aliphatic heterocycles. The number of rotatable bonds is 4. The molecule has 8 heteroatoms. The molecule has 0 radical (unpaired) electrons. The first kappa shape index (κ1) is 19.3. The van der Waals surface area contributed by atoms with Crippen LogP contribution in [0, 0.1) is 0 Å². The van der Waals surface area contributed by atoms with Crippen LogP contribution in [0.25, 0.3) is 10.9 Å². The molecular formula is C20H16F3N3O2. The second-order valence-electron chi connectivity index (χ2n) is 5.96. The molecule has 3 aromatic rings. The van der Waals surface area contributed by atoms with E-state index >= 15 is 0 Å². The molecule has 0 aliphatic carbocycles. The topological polar surface area (TPSA) is 71.1 Å². The SMILES string of the molecule is CCNC(=O)c1cc(NC(=O)c2cccc(C(F)(F)F)c2)nc2ccccc12. The van der Waals surface area contributed by atoms with E-state index in [9.17, 15) is 22.8 Å². The van der Waals surface area contributed by atoms with Crippen LogP contribution in [0.2, 0.25) is 0 Å². The third kappa shape index (κ3) is 4.11. The van der Waals surface area contributed by atoms with Crippen molar-refractivity contribution in [3.05, 3.63) is 71.3 Å². The second kappa shape index (κ2) is 7.67. The Morgan fingerprint density at radius 3 is 2.46 bits per heavy atom. The summed E-state index contributed by atoms with van der Waals surface area (Å²) < 4.78 is 38.6. The Labute approximate surface area is 158 Å². The zero-order valence-electron chi connectivity index (χ0n) is 14.8. The fourth-order valence-electron chi connectivity index (χ4n) is 2.71. The van der Waals surface area contributed by atoms with Crippen LogP contribution in [0.3, 0.4) is 0 Å². The molecule has 0 aliphatic rings. The summed E-state index contributed by atoms with van der Waals surface area (Å²) in [6, 6.07) is 12.4. The standard InChI is InChI=1S/C20H16F3N3O2/c1-2-24-19(28)15-11-17(25-16-9-4-3-8-14(15)16)26-18(27)12-6-5-7-13(10-12)20(21,22)23/h3-11H,2H2,1H3,(H,24,28)(H,25,26,27). The van der Waals surface area contributed by atoms with Crippen molar-refractivity contribution < 1.29 is 22.8 Å². The van der Waals surface area contributed by atoms with Gasteiger partial charge in [0.25, 0.3) is 11.8 Å². The highest BCUT2D eigenvalue weighted by Crippen LogP contribution is 2.29. The summed E-state index contributed by atoms with van der Waals surface area (Å²) in [7, 11) is 0. The fourth-order valence-corrected chi connectivity index (χ4v) is 2.71. The van der Waals surface area contributed by atoms with Crippen molar-refractivity contribution in [2.24, 2.45) is 0 Å². The van der Waals surface area contributed by atoms with E-state index in [-0.39, 0.29) is 17.3 Å². The van der Waals surface area contributed by atoms with Crippen molar-refractivity contribution in [3.8, 4) is 0 Å². The lowest BCUT2D eigenvalue weighted by atomic mass is 10.1. The predicted octanol–water partition coefficient (Wildman–Crippen LogP) is 4.26. The number of hydrogen-bond donors (Lipinski definition) is 2. The van der Waals surface area contributed by atoms with Crippen LogP contribution >= 0.6 is 0 Å². The third-order valence-electron chi connectivity index (χ3n) is 3.99. The normalized spacial score (nSPS) is 11.3. The first-order chi connectivity index (χ1) is 13.3. The summed E-state index contributed by atoms with van der Waals surface area (Å²) >= 11 is 0. The van der Waals surface area contributed by atoms with E-state index in [4.69, 9.17) is 0 Å². The number of halogens is 3. The second-order valence-corrected chi connectivity index (χ2v) is 5.96. The van der Waals surface area contributed by atoms with Crippen molar-refractivity contribution in [1.29, 1.82) is 0 Å². The van der Waals surface area contributed by atoms with Crippen LogP contribution in [0.1, 0.15) is 33.2 Å². The van der Waals surface area contributed by atoms with Crippen LogP contribution in [0.5, 0.6) is 0 Å². The van der Waals surface area contributed by atoms with Crippen molar-refractivity contribution in [2.45, 2.75) is 13.1 Å². The number of carbonyl (C=O) groups is 2. The average Bonchev–Trinajstić information content (AvgIpc) is 2.67. The summed E-state index contributed by atoms with van der Waals surface area (Å²) in [5, 5.41) is 5.76. The minimum atomic E-state index is -4.55. The summed E-state index contributed by atoms with van der Waals surface area (Å²) in [5.74, 6) is -1.02. The third-order valence-corrected chi connectivity index (χ3v) is 3.99. The summed E-state index contributed by atoms with van der Waals surface area (Å²) in [4.78, 5) is 29.0. The molecule has 2 aromatic carbocycles. The number of alkyl halides is 3. The first-order valence-electron chi connectivity index (χ1n) is 8.46. The number of para-hydroxylation sites is 1. The predicted molar refractivity (Wildman–Crippen MR) is 99.1 cm³/mol. The van der Waals surface area contributed by atoms with E-state index in [0.717, 1.165) is 18.2 Å². The zero-order chi connectivity index (χ0) is 20.3. The smallest absolute Gasteiger partial charge is 0.352 e. The number of carbonyl (C=O) groups excluding carboxylic acids is 2. The van der Waals surface area contributed by atoms with E-state index in [1.54, 1.807) is 31.2 Å². The first-order valence-corrected chi connectivity index (χ1v) is 8.46. The van der Waals surface area contributed by atoms with Gasteiger partial charge in [-0.3, -0.25) is 9.59 Å². The molecule has 0 unspecified atom stereocenters. The minimum absolute atomic E-state index is 0.0716. The van der Waals surface area contributed by atoms with E-state index < -0.39 is 17.6 Å². The summed E-state index contributed by atoms with van der Waals surface area (Å²) in [6.07, 6.45) is -4.55. The van der Waals surface area contributed by atoms with Gasteiger partial charge in [0, 0.05) is 17.5 Å². The maximum atomic E-state index is 12.9. The highest BCUT2D eigenvalue weighted by atomic mass is 19.4. The van der Waals surface area contributed by atoms with Gasteiger partial charge in [-0.25, -0.2) is 4.98 Å². The molecule has 2 N–H and O–H groups in total. The molecule has 5 nitrogen and oxygen atoms in total. The number of anilines is 1. The lowest BCUT2D eigenvalue weighted by molar-refractivity contribution is -0.137. The van der Waals surface area contributed by atoms with Crippen LogP contribution in [0.4, 0.5) is 19.0 Å². The van der Waals surface area contributed by atoms with Gasteiger partial charge in [0.2, 0.25) is 0 Å². The van der Waals surface area contributed by atoms with Gasteiger partial charge >= 0.3 is 6.18 Å². The Hall–Kier alpha value is -3.42. The number of amides is 2. The maximum absolute atomic E-state index is 12.9. The Kier molecular flexibility index (Phi) is 5.30. The lowest BCUT2D eigenvalue weighted by Crippen LogP contribution is -2.23. The Morgan fingerprint density at radius 1 is 1.00 bits per heavy atom. The molecule has 0 bridgehead atoms. The average molecular weight is 387 g/mol. The van der Waals surface area contributed by atoms with Crippen LogP contribution in [-0.4, -0.2) is 23.3 Å². The molecule has 2 amide bonds. The Bertz CT molecular complexity index is 1050. The van der Waals surface area contributed by atoms with Crippen molar-refractivity contribution >= 4 is 28.5 Å². The van der Waals surface area contributed by atoms with Crippen LogP contribution < -0.4 is 10.6 Å². The highest BCUT2D eigenvalue weighted by Gasteiger charge is 2.31. The monoisotopic (exact) mass is 387 g/mol. The van der Waals surface area contributed by atoms with Crippen molar-refractivity contribution in [1.82, 2.24) is 10.3 Å². The molecule has 0 saturated heterocycles. The molecule has 0 fully saturated rings. The van der Waals surface area contributed by atoms with E-state index in [1.807, 2.05) is 0 Å². The zero-order valence-corrected chi connectivity index (χ0v) is 14.8. The van der Waals surface area contributed by atoms with Gasteiger partial charge in [0.15, 0.2) is 0 Å². The molecule has 1 heterocycles. The number of nitrogens with zero attached hydrogens (tertiary/aromatic N) is 1. The number of fused-ring (bicyclic) bond motifs is 1. The van der Waals surface area contributed by atoms with Gasteiger partial charge in [0.1, 0.15) is 5.82 Å². The van der Waals surface area contributed by atoms with Crippen molar-refractivity contribution in [2.75, 3.05) is 11.9 Å². The van der Waals surface area contributed by atoms with Gasteiger partial charge in [0.05, 0.1) is 16.6 Å². The van der Waals surface area contributed by atoms with Crippen molar-refractivity contribution in [3.63, 3.8) is 0 Å². The number of nitrogens with one attached hydrogen (secondary N) is 2. The van der Waals surface area contributed by atoms with Gasteiger partial charge in [-0.1, -0.05) is 24.3 Å². The molecule has 3 rings (SSSR count). The number of hydrogen-bond acceptors (Lipinski definition) is 3. The van der Waals surface area contributed by atoms with E-state index in [0.29, 0.717) is 23.0 Å². The molecule has 0 saturated carbocycles. The Balaban J connectivity index is 1.96. The number of pyridine rings is 1. The number of benzene rings is 2. The summed E-state index contributed by atoms with van der Waals surface area (Å²) in [5.41, 5.74) is -0.295. The van der Waals surface area contributed by atoms with Gasteiger partial charge in [-0.15, -0.1) is 0 Å². The number of aromatic nitrogens is 1. The molecule has 28 heavy (non-hydrogen) atoms. The highest BCUT2D eigenvalue weighted by molar-refractivity contribution is 6.09. The van der Waals surface area contributed by atoms with Gasteiger partial charge in [-0.05, 0) is 37.3 Å². The van der Waals surface area contributed by atoms with E-state index in [1.165, 1.54) is 12.1 Å². The van der Waals surface area contributed by atoms with Crippen LogP contribution in [-0.2, 0) is 6.18 Å².